The molecule has 7 nitrogen and oxygen atoms in total. The summed E-state index contributed by atoms with van der Waals surface area (Å²) in [7, 11) is -3.83. The molecule has 2 amide bonds. The van der Waals surface area contributed by atoms with E-state index >= 15 is 0 Å². The van der Waals surface area contributed by atoms with Crippen LogP contribution >= 0.6 is 11.6 Å². The van der Waals surface area contributed by atoms with Crippen molar-refractivity contribution >= 4 is 44.8 Å². The molecule has 33 heavy (non-hydrogen) atoms. The topological polar surface area (TPSA) is 95.6 Å². The van der Waals surface area contributed by atoms with Crippen molar-refractivity contribution < 1.29 is 18.0 Å². The van der Waals surface area contributed by atoms with Crippen LogP contribution in [0.3, 0.4) is 0 Å². The Bertz CT molecular complexity index is 1290. The van der Waals surface area contributed by atoms with E-state index in [0.29, 0.717) is 24.3 Å². The van der Waals surface area contributed by atoms with Gasteiger partial charge in [-0.25, -0.2) is 8.42 Å². The average molecular weight is 484 g/mol. The number of likely N-dealkylation sites (tertiary alicyclic amines) is 1. The molecule has 0 spiro atoms. The number of rotatable bonds is 6. The summed E-state index contributed by atoms with van der Waals surface area (Å²) < 4.78 is 27.7. The molecule has 1 fully saturated rings. The molecule has 0 unspecified atom stereocenters. The molecule has 3 aromatic rings. The van der Waals surface area contributed by atoms with Crippen molar-refractivity contribution in [1.29, 1.82) is 0 Å². The van der Waals surface area contributed by atoms with Crippen LogP contribution in [0.15, 0.2) is 77.7 Å². The Morgan fingerprint density at radius 2 is 1.52 bits per heavy atom. The number of hydrogen-bond acceptors (Lipinski definition) is 4. The van der Waals surface area contributed by atoms with E-state index in [1.54, 1.807) is 47.4 Å². The predicted molar refractivity (Wildman–Crippen MR) is 128 cm³/mol. The van der Waals surface area contributed by atoms with Gasteiger partial charge in [-0.05, 0) is 55.3 Å². The van der Waals surface area contributed by atoms with Crippen LogP contribution in [-0.4, -0.2) is 38.2 Å². The first-order valence-electron chi connectivity index (χ1n) is 10.4. The lowest BCUT2D eigenvalue weighted by Gasteiger charge is -2.18. The predicted octanol–water partition coefficient (Wildman–Crippen LogP) is 4.63. The van der Waals surface area contributed by atoms with Crippen molar-refractivity contribution in [2.45, 2.75) is 17.7 Å². The summed E-state index contributed by atoms with van der Waals surface area (Å²) in [5.41, 5.74) is 1.03. The van der Waals surface area contributed by atoms with Gasteiger partial charge < -0.3 is 10.2 Å². The highest BCUT2D eigenvalue weighted by Gasteiger charge is 2.23. The van der Waals surface area contributed by atoms with Crippen molar-refractivity contribution in [2.24, 2.45) is 0 Å². The lowest BCUT2D eigenvalue weighted by atomic mass is 10.1. The summed E-state index contributed by atoms with van der Waals surface area (Å²) in [6.07, 6.45) is 1.92. The molecular weight excluding hydrogens is 462 g/mol. The minimum absolute atomic E-state index is 0.0772. The summed E-state index contributed by atoms with van der Waals surface area (Å²) in [6, 6.07) is 19.0. The lowest BCUT2D eigenvalue weighted by Crippen LogP contribution is -2.28. The molecule has 1 aliphatic heterocycles. The number of sulfonamides is 1. The second-order valence-electron chi connectivity index (χ2n) is 7.61. The highest BCUT2D eigenvalue weighted by Crippen LogP contribution is 2.26. The standard InChI is InChI=1S/C24H22ClN3O4S/c25-21-13-12-17(27-33(31,32)18-8-2-1-3-9-18)16-20(21)23(29)26-22-11-5-4-10-19(22)24(30)28-14-6-7-15-28/h1-5,8-13,16,27H,6-7,14-15H2,(H,26,29). The zero-order valence-electron chi connectivity index (χ0n) is 17.6. The van der Waals surface area contributed by atoms with Crippen LogP contribution in [-0.2, 0) is 10.0 Å². The van der Waals surface area contributed by atoms with E-state index in [1.807, 2.05) is 0 Å². The SMILES string of the molecule is O=C(Nc1ccccc1C(=O)N1CCCC1)c1cc(NS(=O)(=O)c2ccccc2)ccc1Cl. The Morgan fingerprint density at radius 3 is 2.24 bits per heavy atom. The summed E-state index contributed by atoms with van der Waals surface area (Å²) in [4.78, 5) is 27.7. The molecule has 170 valence electrons. The first-order chi connectivity index (χ1) is 15.8. The Kier molecular flexibility index (Phi) is 6.67. The average Bonchev–Trinajstić information content (AvgIpc) is 3.36. The molecule has 0 atom stereocenters. The monoisotopic (exact) mass is 483 g/mol. The number of nitrogens with one attached hydrogen (secondary N) is 2. The van der Waals surface area contributed by atoms with Crippen LogP contribution in [0, 0.1) is 0 Å². The van der Waals surface area contributed by atoms with Gasteiger partial charge in [-0.3, -0.25) is 14.3 Å². The summed E-state index contributed by atoms with van der Waals surface area (Å²) in [5, 5.41) is 2.90. The van der Waals surface area contributed by atoms with Crippen molar-refractivity contribution in [1.82, 2.24) is 4.90 Å². The fourth-order valence-corrected chi connectivity index (χ4v) is 4.91. The van der Waals surface area contributed by atoms with Gasteiger partial charge >= 0.3 is 0 Å². The number of para-hydroxylation sites is 1. The molecule has 0 bridgehead atoms. The largest absolute Gasteiger partial charge is 0.339 e. The van der Waals surface area contributed by atoms with E-state index < -0.39 is 15.9 Å². The first kappa shape index (κ1) is 22.8. The third-order valence-electron chi connectivity index (χ3n) is 5.32. The van der Waals surface area contributed by atoms with Crippen LogP contribution < -0.4 is 10.0 Å². The number of benzene rings is 3. The van der Waals surface area contributed by atoms with Gasteiger partial charge in [0.2, 0.25) is 0 Å². The van der Waals surface area contributed by atoms with Crippen molar-refractivity contribution in [2.75, 3.05) is 23.1 Å². The molecule has 4 rings (SSSR count). The van der Waals surface area contributed by atoms with Gasteiger partial charge in [-0.15, -0.1) is 0 Å². The summed E-state index contributed by atoms with van der Waals surface area (Å²) in [5.74, 6) is -0.693. The number of anilines is 2. The van der Waals surface area contributed by atoms with Crippen LogP contribution in [0.2, 0.25) is 5.02 Å². The molecule has 1 saturated heterocycles. The first-order valence-corrected chi connectivity index (χ1v) is 12.3. The number of amides is 2. The molecule has 0 aliphatic carbocycles. The number of hydrogen-bond donors (Lipinski definition) is 2. The van der Waals surface area contributed by atoms with E-state index in [2.05, 4.69) is 10.0 Å². The molecule has 0 saturated carbocycles. The number of carbonyl (C=O) groups is 2. The Balaban J connectivity index is 1.57. The van der Waals surface area contributed by atoms with Gasteiger partial charge in [-0.1, -0.05) is 41.9 Å². The molecule has 1 heterocycles. The van der Waals surface area contributed by atoms with Crippen LogP contribution in [0.25, 0.3) is 0 Å². The quantitative estimate of drug-likeness (QED) is 0.534. The molecule has 3 aromatic carbocycles. The molecule has 0 aromatic heterocycles. The van der Waals surface area contributed by atoms with Gasteiger partial charge in [0.05, 0.1) is 26.7 Å². The van der Waals surface area contributed by atoms with Gasteiger partial charge in [0.25, 0.3) is 21.8 Å². The van der Waals surface area contributed by atoms with E-state index in [1.165, 1.54) is 30.3 Å². The molecular formula is C24H22ClN3O4S. The minimum Gasteiger partial charge on any atom is -0.339 e. The van der Waals surface area contributed by atoms with Gasteiger partial charge in [0.1, 0.15) is 0 Å². The summed E-state index contributed by atoms with van der Waals surface area (Å²) >= 11 is 6.24. The fourth-order valence-electron chi connectivity index (χ4n) is 3.64. The zero-order valence-corrected chi connectivity index (χ0v) is 19.2. The van der Waals surface area contributed by atoms with Gasteiger partial charge in [-0.2, -0.15) is 0 Å². The van der Waals surface area contributed by atoms with Crippen LogP contribution in [0.1, 0.15) is 33.6 Å². The maximum Gasteiger partial charge on any atom is 0.261 e. The second kappa shape index (κ2) is 9.64. The highest BCUT2D eigenvalue weighted by molar-refractivity contribution is 7.92. The number of halogens is 1. The third-order valence-corrected chi connectivity index (χ3v) is 7.04. The normalized spacial score (nSPS) is 13.5. The van der Waals surface area contributed by atoms with E-state index in [9.17, 15) is 18.0 Å². The molecule has 9 heteroatoms. The number of carbonyl (C=O) groups excluding carboxylic acids is 2. The molecule has 0 radical (unpaired) electrons. The van der Waals surface area contributed by atoms with Crippen molar-refractivity contribution in [3.05, 3.63) is 88.9 Å². The highest BCUT2D eigenvalue weighted by atomic mass is 35.5. The van der Waals surface area contributed by atoms with Crippen molar-refractivity contribution in [3.63, 3.8) is 0 Å². The van der Waals surface area contributed by atoms with Crippen molar-refractivity contribution in [3.8, 4) is 0 Å². The third kappa shape index (κ3) is 5.18. The fraction of sp³-hybridized carbons (Fsp3) is 0.167. The Hall–Kier alpha value is -3.36. The Morgan fingerprint density at radius 1 is 0.848 bits per heavy atom. The van der Waals surface area contributed by atoms with Crippen LogP contribution in [0.5, 0.6) is 0 Å². The maximum absolute atomic E-state index is 13.0. The van der Waals surface area contributed by atoms with E-state index in [0.717, 1.165) is 12.8 Å². The van der Waals surface area contributed by atoms with Gasteiger partial charge in [0.15, 0.2) is 0 Å². The summed E-state index contributed by atoms with van der Waals surface area (Å²) in [6.45, 7) is 1.38. The van der Waals surface area contributed by atoms with Gasteiger partial charge in [0, 0.05) is 18.8 Å². The van der Waals surface area contributed by atoms with E-state index in [-0.39, 0.29) is 27.1 Å². The maximum atomic E-state index is 13.0. The van der Waals surface area contributed by atoms with Crippen LogP contribution in [0.4, 0.5) is 11.4 Å². The number of nitrogens with zero attached hydrogens (tertiary/aromatic N) is 1. The lowest BCUT2D eigenvalue weighted by molar-refractivity contribution is 0.0794. The molecule has 2 N–H and O–H groups in total. The molecule has 1 aliphatic rings. The smallest absolute Gasteiger partial charge is 0.261 e. The minimum atomic E-state index is -3.83. The van der Waals surface area contributed by atoms with E-state index in [4.69, 9.17) is 11.6 Å². The Labute approximate surface area is 197 Å². The zero-order chi connectivity index (χ0) is 23.4. The second-order valence-corrected chi connectivity index (χ2v) is 9.70.